The molecule has 1 N–H and O–H groups in total. The van der Waals surface area contributed by atoms with E-state index in [0.717, 1.165) is 16.5 Å². The maximum absolute atomic E-state index is 13.7. The molecule has 0 atom stereocenters. The van der Waals surface area contributed by atoms with Crippen LogP contribution in [0.2, 0.25) is 0 Å². The summed E-state index contributed by atoms with van der Waals surface area (Å²) < 4.78 is 8.16. The van der Waals surface area contributed by atoms with Crippen molar-refractivity contribution in [1.82, 2.24) is 14.3 Å². The van der Waals surface area contributed by atoms with E-state index in [1.54, 1.807) is 54.9 Å². The van der Waals surface area contributed by atoms with Crippen LogP contribution in [0.25, 0.3) is 27.5 Å². The van der Waals surface area contributed by atoms with Crippen molar-refractivity contribution in [3.05, 3.63) is 100.0 Å². The van der Waals surface area contributed by atoms with Crippen LogP contribution in [-0.2, 0) is 11.8 Å². The van der Waals surface area contributed by atoms with E-state index >= 15 is 0 Å². The van der Waals surface area contributed by atoms with E-state index in [4.69, 9.17) is 4.74 Å². The number of anilines is 1. The highest BCUT2D eigenvalue weighted by atomic mass is 16.5. The molecule has 0 fully saturated rings. The fourth-order valence-corrected chi connectivity index (χ4v) is 4.36. The van der Waals surface area contributed by atoms with E-state index in [0.29, 0.717) is 22.3 Å². The first kappa shape index (κ1) is 23.0. The van der Waals surface area contributed by atoms with E-state index in [2.05, 4.69) is 10.4 Å². The van der Waals surface area contributed by atoms with Crippen molar-refractivity contribution in [3.8, 4) is 5.69 Å². The molecule has 0 bridgehead atoms. The fraction of sp³-hybridized carbons (Fsp3) is 0.143. The number of fused-ring (bicyclic) bond motifs is 3. The van der Waals surface area contributed by atoms with Gasteiger partial charge in [0.25, 0.3) is 11.5 Å². The third-order valence-corrected chi connectivity index (χ3v) is 6.10. The Morgan fingerprint density at radius 1 is 0.972 bits per heavy atom. The second-order valence-corrected chi connectivity index (χ2v) is 8.42. The summed E-state index contributed by atoms with van der Waals surface area (Å²) in [5.74, 6) is -1.09. The van der Waals surface area contributed by atoms with Gasteiger partial charge in [-0.25, -0.2) is 4.79 Å². The molecule has 180 valence electrons. The first-order chi connectivity index (χ1) is 17.4. The summed E-state index contributed by atoms with van der Waals surface area (Å²) in [4.78, 5) is 39.8. The first-order valence-electron chi connectivity index (χ1n) is 11.6. The van der Waals surface area contributed by atoms with Gasteiger partial charge < -0.3 is 14.6 Å². The Balaban J connectivity index is 1.74. The van der Waals surface area contributed by atoms with Crippen molar-refractivity contribution in [2.75, 3.05) is 11.9 Å². The monoisotopic (exact) mass is 480 g/mol. The predicted molar refractivity (Wildman–Crippen MR) is 139 cm³/mol. The van der Waals surface area contributed by atoms with Crippen LogP contribution in [0, 0.1) is 6.92 Å². The molecule has 5 aromatic rings. The molecule has 0 aliphatic carbocycles. The summed E-state index contributed by atoms with van der Waals surface area (Å²) in [6.45, 7) is 3.88. The highest BCUT2D eigenvalue weighted by molar-refractivity contribution is 6.20. The number of para-hydroxylation sites is 2. The van der Waals surface area contributed by atoms with E-state index in [9.17, 15) is 14.4 Å². The maximum atomic E-state index is 13.7. The standard InChI is InChI=1S/C28H24N4O4/c1-4-36-28(35)19-9-5-7-11-21(19)29-26(33)24-23-20-10-6-8-12-22(20)31(3)25(23)27(34)32(30-24)18-15-13-17(2)14-16-18/h5-16H,4H2,1-3H3,(H,29,33). The van der Waals surface area contributed by atoms with Crippen molar-refractivity contribution in [1.29, 1.82) is 0 Å². The van der Waals surface area contributed by atoms with Crippen molar-refractivity contribution in [3.63, 3.8) is 0 Å². The minimum atomic E-state index is -0.547. The molecule has 2 aromatic heterocycles. The van der Waals surface area contributed by atoms with Gasteiger partial charge in [0.05, 0.1) is 23.5 Å². The topological polar surface area (TPSA) is 95.2 Å². The van der Waals surface area contributed by atoms with Gasteiger partial charge in [-0.15, -0.1) is 0 Å². The molecule has 5 rings (SSSR count). The average molecular weight is 481 g/mol. The van der Waals surface area contributed by atoms with Gasteiger partial charge in [0.2, 0.25) is 0 Å². The molecule has 0 spiro atoms. The Hall–Kier alpha value is -4.72. The Kier molecular flexibility index (Phi) is 5.85. The third-order valence-electron chi connectivity index (χ3n) is 6.10. The molecule has 3 aromatic carbocycles. The third kappa shape index (κ3) is 3.82. The minimum Gasteiger partial charge on any atom is -0.462 e. The smallest absolute Gasteiger partial charge is 0.340 e. The lowest BCUT2D eigenvalue weighted by molar-refractivity contribution is 0.0527. The zero-order chi connectivity index (χ0) is 25.4. The number of benzene rings is 3. The van der Waals surface area contributed by atoms with Gasteiger partial charge in [0, 0.05) is 23.3 Å². The van der Waals surface area contributed by atoms with Crippen LogP contribution in [0.15, 0.2) is 77.6 Å². The number of hydrogen-bond acceptors (Lipinski definition) is 5. The van der Waals surface area contributed by atoms with Gasteiger partial charge in [0.15, 0.2) is 5.69 Å². The number of nitrogens with zero attached hydrogens (tertiary/aromatic N) is 3. The second kappa shape index (κ2) is 9.14. The number of carbonyl (C=O) groups excluding carboxylic acids is 2. The Labute approximate surface area is 206 Å². The Morgan fingerprint density at radius 3 is 2.42 bits per heavy atom. The number of rotatable bonds is 5. The van der Waals surface area contributed by atoms with Crippen LogP contribution in [0.3, 0.4) is 0 Å². The minimum absolute atomic E-state index is 0.0700. The number of ether oxygens (including phenoxy) is 1. The number of nitrogens with one attached hydrogen (secondary N) is 1. The summed E-state index contributed by atoms with van der Waals surface area (Å²) in [5, 5.41) is 8.53. The van der Waals surface area contributed by atoms with Crippen LogP contribution in [-0.4, -0.2) is 32.8 Å². The number of carbonyl (C=O) groups is 2. The van der Waals surface area contributed by atoms with E-state index in [-0.39, 0.29) is 23.4 Å². The highest BCUT2D eigenvalue weighted by Gasteiger charge is 2.24. The molecule has 1 amide bonds. The normalized spacial score (nSPS) is 11.1. The number of esters is 1. The summed E-state index contributed by atoms with van der Waals surface area (Å²) in [7, 11) is 1.79. The molecule has 36 heavy (non-hydrogen) atoms. The van der Waals surface area contributed by atoms with Crippen LogP contribution in [0.4, 0.5) is 5.69 Å². The van der Waals surface area contributed by atoms with Crippen molar-refractivity contribution < 1.29 is 14.3 Å². The summed E-state index contributed by atoms with van der Waals surface area (Å²) in [5.41, 5.74) is 2.99. The lowest BCUT2D eigenvalue weighted by Crippen LogP contribution is -2.27. The van der Waals surface area contributed by atoms with E-state index in [1.807, 2.05) is 43.3 Å². The van der Waals surface area contributed by atoms with Gasteiger partial charge in [-0.1, -0.05) is 48.0 Å². The van der Waals surface area contributed by atoms with Gasteiger partial charge in [-0.05, 0) is 44.2 Å². The molecule has 0 radical (unpaired) electrons. The number of amides is 1. The largest absolute Gasteiger partial charge is 0.462 e. The molecule has 2 heterocycles. The Bertz CT molecular complexity index is 1700. The molecule has 0 unspecified atom stereocenters. The lowest BCUT2D eigenvalue weighted by Gasteiger charge is -2.13. The Morgan fingerprint density at radius 2 is 1.67 bits per heavy atom. The van der Waals surface area contributed by atoms with Crippen LogP contribution < -0.4 is 10.9 Å². The summed E-state index contributed by atoms with van der Waals surface area (Å²) in [6, 6.07) is 21.4. The summed E-state index contributed by atoms with van der Waals surface area (Å²) in [6.07, 6.45) is 0. The quantitative estimate of drug-likeness (QED) is 0.371. The van der Waals surface area contributed by atoms with Gasteiger partial charge in [-0.3, -0.25) is 9.59 Å². The van der Waals surface area contributed by atoms with Crippen molar-refractivity contribution >= 4 is 39.4 Å². The van der Waals surface area contributed by atoms with Gasteiger partial charge in [-0.2, -0.15) is 9.78 Å². The number of hydrogen-bond donors (Lipinski definition) is 1. The molecule has 0 aliphatic heterocycles. The zero-order valence-corrected chi connectivity index (χ0v) is 20.1. The average Bonchev–Trinajstić information content (AvgIpc) is 3.18. The second-order valence-electron chi connectivity index (χ2n) is 8.42. The van der Waals surface area contributed by atoms with Crippen LogP contribution in [0.1, 0.15) is 33.3 Å². The number of aryl methyl sites for hydroxylation is 2. The highest BCUT2D eigenvalue weighted by Crippen LogP contribution is 2.29. The summed E-state index contributed by atoms with van der Waals surface area (Å²) >= 11 is 0. The number of aromatic nitrogens is 3. The molecular formula is C28H24N4O4. The SMILES string of the molecule is CCOC(=O)c1ccccc1NC(=O)c1nn(-c2ccc(C)cc2)c(=O)c2c1c1ccccc1n2C. The fourth-order valence-electron chi connectivity index (χ4n) is 4.36. The lowest BCUT2D eigenvalue weighted by atomic mass is 10.1. The first-order valence-corrected chi connectivity index (χ1v) is 11.6. The van der Waals surface area contributed by atoms with E-state index in [1.165, 1.54) is 4.68 Å². The molecule has 0 saturated heterocycles. The molecule has 0 saturated carbocycles. The van der Waals surface area contributed by atoms with Crippen molar-refractivity contribution in [2.24, 2.45) is 7.05 Å². The zero-order valence-electron chi connectivity index (χ0n) is 20.1. The maximum Gasteiger partial charge on any atom is 0.340 e. The van der Waals surface area contributed by atoms with Gasteiger partial charge >= 0.3 is 5.97 Å². The van der Waals surface area contributed by atoms with E-state index < -0.39 is 11.9 Å². The molecule has 0 aliphatic rings. The molecule has 8 heteroatoms. The van der Waals surface area contributed by atoms with Crippen LogP contribution >= 0.6 is 0 Å². The molecule has 8 nitrogen and oxygen atoms in total. The van der Waals surface area contributed by atoms with Crippen LogP contribution in [0.5, 0.6) is 0 Å². The van der Waals surface area contributed by atoms with Crippen molar-refractivity contribution in [2.45, 2.75) is 13.8 Å². The van der Waals surface area contributed by atoms with Gasteiger partial charge in [0.1, 0.15) is 5.52 Å². The predicted octanol–water partition coefficient (Wildman–Crippen LogP) is 4.61. The molecular weight excluding hydrogens is 456 g/mol.